The van der Waals surface area contributed by atoms with Crippen LogP contribution in [0.15, 0.2) is 18.2 Å². The largest absolute Gasteiger partial charge is 0.370 e. The lowest BCUT2D eigenvalue weighted by molar-refractivity contribution is -0.125. The summed E-state index contributed by atoms with van der Waals surface area (Å²) in [6.45, 7) is 0.568. The summed E-state index contributed by atoms with van der Waals surface area (Å²) in [6, 6.07) is 4.56. The molecule has 0 aromatic heterocycles. The van der Waals surface area contributed by atoms with Crippen molar-refractivity contribution in [2.75, 3.05) is 36.5 Å². The van der Waals surface area contributed by atoms with Crippen LogP contribution < -0.4 is 16.0 Å². The first-order valence-electron chi connectivity index (χ1n) is 10.6. The van der Waals surface area contributed by atoms with Crippen molar-refractivity contribution in [3.8, 4) is 0 Å². The number of nitrogens with zero attached hydrogens (tertiary/aromatic N) is 2. The first kappa shape index (κ1) is 21.1. The van der Waals surface area contributed by atoms with Gasteiger partial charge in [-0.05, 0) is 43.9 Å². The zero-order chi connectivity index (χ0) is 21.3. The Hall–Kier alpha value is -2.10. The molecule has 0 spiro atoms. The van der Waals surface area contributed by atoms with Crippen LogP contribution in [0.1, 0.15) is 44.1 Å². The monoisotopic (exact) mass is 422 g/mol. The lowest BCUT2D eigenvalue weighted by atomic mass is 9.90. The van der Waals surface area contributed by atoms with Crippen molar-refractivity contribution in [2.24, 2.45) is 5.73 Å². The van der Waals surface area contributed by atoms with Crippen LogP contribution in [0, 0.1) is 0 Å². The molecule has 2 aliphatic carbocycles. The third-order valence-electron chi connectivity index (χ3n) is 6.16. The fourth-order valence-corrected chi connectivity index (χ4v) is 4.28. The van der Waals surface area contributed by atoms with Gasteiger partial charge in [0.1, 0.15) is 12.6 Å². The number of carbonyl (C=O) groups excluding carboxylic acids is 2. The SMILES string of the molecule is NC[C@@H](C(=O)Nc1ccc(N2CCOCC2=O)c(C(F)F)c1)N(C1CCC1)C1CC1. The van der Waals surface area contributed by atoms with E-state index in [1.54, 1.807) is 6.07 Å². The van der Waals surface area contributed by atoms with Gasteiger partial charge in [0.05, 0.1) is 12.3 Å². The summed E-state index contributed by atoms with van der Waals surface area (Å²) in [7, 11) is 0. The zero-order valence-electron chi connectivity index (χ0n) is 16.9. The van der Waals surface area contributed by atoms with Crippen molar-refractivity contribution >= 4 is 23.2 Å². The molecule has 0 unspecified atom stereocenters. The number of ether oxygens (including phenoxy) is 1. The van der Waals surface area contributed by atoms with Crippen LogP contribution in [-0.4, -0.2) is 61.1 Å². The summed E-state index contributed by atoms with van der Waals surface area (Å²) >= 11 is 0. The summed E-state index contributed by atoms with van der Waals surface area (Å²) in [5, 5.41) is 2.77. The van der Waals surface area contributed by atoms with Crippen molar-refractivity contribution in [1.29, 1.82) is 0 Å². The molecule has 2 amide bonds. The molecule has 0 radical (unpaired) electrons. The quantitative estimate of drug-likeness (QED) is 0.671. The second-order valence-corrected chi connectivity index (χ2v) is 8.18. The van der Waals surface area contributed by atoms with E-state index in [-0.39, 0.29) is 48.4 Å². The molecule has 1 aliphatic heterocycles. The van der Waals surface area contributed by atoms with Crippen LogP contribution >= 0.6 is 0 Å². The van der Waals surface area contributed by atoms with Crippen molar-refractivity contribution < 1.29 is 23.1 Å². The van der Waals surface area contributed by atoms with E-state index in [9.17, 15) is 18.4 Å². The van der Waals surface area contributed by atoms with E-state index in [0.29, 0.717) is 18.7 Å². The van der Waals surface area contributed by atoms with Gasteiger partial charge in [0.15, 0.2) is 0 Å². The van der Waals surface area contributed by atoms with Gasteiger partial charge in [0.25, 0.3) is 12.3 Å². The normalized spacial score (nSPS) is 21.1. The molecule has 3 N–H and O–H groups in total. The van der Waals surface area contributed by atoms with E-state index in [1.807, 2.05) is 0 Å². The second-order valence-electron chi connectivity index (χ2n) is 8.18. The van der Waals surface area contributed by atoms with Crippen LogP contribution in [0.2, 0.25) is 0 Å². The van der Waals surface area contributed by atoms with Crippen molar-refractivity contribution in [3.05, 3.63) is 23.8 Å². The molecule has 0 bridgehead atoms. The van der Waals surface area contributed by atoms with Gasteiger partial charge < -0.3 is 20.7 Å². The number of hydrogen-bond donors (Lipinski definition) is 2. The molecule has 2 saturated carbocycles. The van der Waals surface area contributed by atoms with E-state index in [1.165, 1.54) is 17.0 Å². The maximum atomic E-state index is 13.7. The highest BCUT2D eigenvalue weighted by molar-refractivity contribution is 5.98. The van der Waals surface area contributed by atoms with E-state index in [2.05, 4.69) is 10.2 Å². The minimum atomic E-state index is -2.78. The fourth-order valence-electron chi connectivity index (χ4n) is 4.28. The Kier molecular flexibility index (Phi) is 6.31. The Morgan fingerprint density at radius 1 is 1.27 bits per heavy atom. The van der Waals surface area contributed by atoms with Gasteiger partial charge in [-0.25, -0.2) is 8.78 Å². The lowest BCUT2D eigenvalue weighted by Crippen LogP contribution is -2.55. The summed E-state index contributed by atoms with van der Waals surface area (Å²) in [4.78, 5) is 28.6. The molecular weight excluding hydrogens is 394 g/mol. The highest BCUT2D eigenvalue weighted by Crippen LogP contribution is 2.37. The first-order chi connectivity index (χ1) is 14.5. The Labute approximate surface area is 174 Å². The van der Waals surface area contributed by atoms with Gasteiger partial charge in [-0.3, -0.25) is 14.5 Å². The van der Waals surface area contributed by atoms with Crippen LogP contribution in [0.3, 0.4) is 0 Å². The number of nitrogens with one attached hydrogen (secondary N) is 1. The van der Waals surface area contributed by atoms with E-state index < -0.39 is 12.5 Å². The Balaban J connectivity index is 1.52. The van der Waals surface area contributed by atoms with Gasteiger partial charge in [-0.2, -0.15) is 0 Å². The van der Waals surface area contributed by atoms with Gasteiger partial charge in [0.2, 0.25) is 5.91 Å². The van der Waals surface area contributed by atoms with Gasteiger partial charge in [0, 0.05) is 36.4 Å². The Morgan fingerprint density at radius 3 is 2.57 bits per heavy atom. The standard InChI is InChI=1S/C21H28F2N4O3/c22-20(23)16-10-13(4-7-17(16)26-8-9-30-12-19(26)28)25-21(29)18(11-24)27(15-5-6-15)14-2-1-3-14/h4,7,10,14-15,18,20H,1-3,5-6,8-9,11-12,24H2,(H,25,29)/t18-/m0/s1. The first-order valence-corrected chi connectivity index (χ1v) is 10.6. The molecule has 1 atom stereocenters. The van der Waals surface area contributed by atoms with Crippen LogP contribution in [0.5, 0.6) is 0 Å². The number of nitrogens with two attached hydrogens (primary N) is 1. The van der Waals surface area contributed by atoms with Crippen molar-refractivity contribution in [3.63, 3.8) is 0 Å². The van der Waals surface area contributed by atoms with E-state index >= 15 is 0 Å². The summed E-state index contributed by atoms with van der Waals surface area (Å²) < 4.78 is 32.6. The summed E-state index contributed by atoms with van der Waals surface area (Å²) in [6.07, 6.45) is 2.65. The topological polar surface area (TPSA) is 87.9 Å². The number of morpholine rings is 1. The lowest BCUT2D eigenvalue weighted by Gasteiger charge is -2.41. The number of rotatable bonds is 8. The van der Waals surface area contributed by atoms with E-state index in [4.69, 9.17) is 10.5 Å². The molecule has 9 heteroatoms. The maximum Gasteiger partial charge on any atom is 0.265 e. The van der Waals surface area contributed by atoms with Crippen LogP contribution in [0.25, 0.3) is 0 Å². The molecule has 1 saturated heterocycles. The third kappa shape index (κ3) is 4.33. The molecule has 164 valence electrons. The molecule has 1 aromatic carbocycles. The molecule has 1 aromatic rings. The van der Waals surface area contributed by atoms with Crippen LogP contribution in [0.4, 0.5) is 20.2 Å². The molecule has 30 heavy (non-hydrogen) atoms. The third-order valence-corrected chi connectivity index (χ3v) is 6.16. The second kappa shape index (κ2) is 8.95. The highest BCUT2D eigenvalue weighted by Gasteiger charge is 2.42. The minimum Gasteiger partial charge on any atom is -0.370 e. The predicted octanol–water partition coefficient (Wildman–Crippen LogP) is 2.27. The smallest absolute Gasteiger partial charge is 0.265 e. The van der Waals surface area contributed by atoms with Crippen molar-refractivity contribution in [2.45, 2.75) is 56.7 Å². The van der Waals surface area contributed by atoms with E-state index in [0.717, 1.165) is 32.1 Å². The summed E-state index contributed by atoms with van der Waals surface area (Å²) in [5.74, 6) is -0.629. The van der Waals surface area contributed by atoms with Gasteiger partial charge in [-0.15, -0.1) is 0 Å². The number of amides is 2. The minimum absolute atomic E-state index is 0.127. The zero-order valence-corrected chi connectivity index (χ0v) is 16.9. The fraction of sp³-hybridized carbons (Fsp3) is 0.619. The number of anilines is 2. The average Bonchev–Trinajstić information content (AvgIpc) is 3.52. The number of carbonyl (C=O) groups is 2. The van der Waals surface area contributed by atoms with Gasteiger partial charge in [-0.1, -0.05) is 6.42 Å². The molecule has 3 aliphatic rings. The maximum absolute atomic E-state index is 13.7. The molecule has 1 heterocycles. The molecule has 3 fully saturated rings. The molecule has 4 rings (SSSR count). The average molecular weight is 422 g/mol. The van der Waals surface area contributed by atoms with Gasteiger partial charge >= 0.3 is 0 Å². The predicted molar refractivity (Wildman–Crippen MR) is 109 cm³/mol. The molecule has 7 nitrogen and oxygen atoms in total. The van der Waals surface area contributed by atoms with Crippen LogP contribution in [-0.2, 0) is 14.3 Å². The summed E-state index contributed by atoms with van der Waals surface area (Å²) in [5.41, 5.74) is 6.09. The number of hydrogen-bond acceptors (Lipinski definition) is 5. The molecular formula is C21H28F2N4O3. The number of benzene rings is 1. The highest BCUT2D eigenvalue weighted by atomic mass is 19.3. The number of alkyl halides is 2. The number of halogens is 2. The van der Waals surface area contributed by atoms with Crippen molar-refractivity contribution in [1.82, 2.24) is 4.90 Å². The Bertz CT molecular complexity index is 798. The Morgan fingerprint density at radius 2 is 2.00 bits per heavy atom.